The van der Waals surface area contributed by atoms with Gasteiger partial charge < -0.3 is 24.2 Å². The van der Waals surface area contributed by atoms with Crippen LogP contribution in [0.5, 0.6) is 5.75 Å². The summed E-state index contributed by atoms with van der Waals surface area (Å²) < 4.78 is 31.1. The molecule has 7 nitrogen and oxygen atoms in total. The van der Waals surface area contributed by atoms with Gasteiger partial charge in [-0.05, 0) is 72.6 Å². The van der Waals surface area contributed by atoms with Crippen LogP contribution in [0.1, 0.15) is 61.2 Å². The lowest BCUT2D eigenvalue weighted by Gasteiger charge is -2.40. The quantitative estimate of drug-likeness (QED) is 0.122. The number of carboxylic acids is 1. The molecule has 1 saturated heterocycles. The highest BCUT2D eigenvalue weighted by atomic mass is 19.1. The van der Waals surface area contributed by atoms with Gasteiger partial charge in [0.15, 0.2) is 0 Å². The van der Waals surface area contributed by atoms with Crippen molar-refractivity contribution in [2.45, 2.75) is 66.1 Å². The Labute approximate surface area is 283 Å². The SMILES string of the molecule is Cc1nc(COCCCOCc2ccccc2)c(CC(=O)O)c(N2CCC(C)(C)CC2)c1-c1ccc(OCCc2ccc(F)cc2)cc1. The molecule has 1 fully saturated rings. The number of hydrogen-bond acceptors (Lipinski definition) is 6. The summed E-state index contributed by atoms with van der Waals surface area (Å²) in [6.07, 6.45) is 3.28. The van der Waals surface area contributed by atoms with Crippen molar-refractivity contribution in [3.05, 3.63) is 113 Å². The lowest BCUT2D eigenvalue weighted by atomic mass is 9.82. The Morgan fingerprint density at radius 2 is 1.54 bits per heavy atom. The first-order valence-electron chi connectivity index (χ1n) is 16.8. The summed E-state index contributed by atoms with van der Waals surface area (Å²) in [5.41, 5.74) is 7.43. The Balaban J connectivity index is 1.33. The van der Waals surface area contributed by atoms with Crippen molar-refractivity contribution in [1.82, 2.24) is 4.98 Å². The average Bonchev–Trinajstić information content (AvgIpc) is 3.07. The summed E-state index contributed by atoms with van der Waals surface area (Å²) in [7, 11) is 0. The summed E-state index contributed by atoms with van der Waals surface area (Å²) in [4.78, 5) is 19.6. The molecule has 2 heterocycles. The van der Waals surface area contributed by atoms with Gasteiger partial charge in [-0.3, -0.25) is 9.78 Å². The third-order valence-corrected chi connectivity index (χ3v) is 8.94. The summed E-state index contributed by atoms with van der Waals surface area (Å²) in [6, 6.07) is 24.4. The van der Waals surface area contributed by atoms with Gasteiger partial charge in [0.25, 0.3) is 0 Å². The monoisotopic (exact) mass is 654 g/mol. The number of halogens is 1. The van der Waals surface area contributed by atoms with E-state index >= 15 is 0 Å². The van der Waals surface area contributed by atoms with Gasteiger partial charge in [0.2, 0.25) is 0 Å². The number of ether oxygens (including phenoxy) is 3. The first-order valence-corrected chi connectivity index (χ1v) is 16.8. The highest BCUT2D eigenvalue weighted by molar-refractivity contribution is 5.86. The van der Waals surface area contributed by atoms with E-state index in [2.05, 4.69) is 18.7 Å². The minimum atomic E-state index is -0.898. The number of rotatable bonds is 16. The van der Waals surface area contributed by atoms with E-state index in [0.29, 0.717) is 44.1 Å². The van der Waals surface area contributed by atoms with Crippen molar-refractivity contribution in [3.63, 3.8) is 0 Å². The van der Waals surface area contributed by atoms with Gasteiger partial charge in [-0.15, -0.1) is 0 Å². The fourth-order valence-corrected chi connectivity index (χ4v) is 6.12. The predicted molar refractivity (Wildman–Crippen MR) is 187 cm³/mol. The molecule has 8 heteroatoms. The Hall–Kier alpha value is -4.27. The largest absolute Gasteiger partial charge is 0.493 e. The van der Waals surface area contributed by atoms with Gasteiger partial charge in [-0.2, -0.15) is 0 Å². The first kappa shape index (κ1) is 35.0. The molecule has 3 aromatic carbocycles. The van der Waals surface area contributed by atoms with Gasteiger partial charge in [0.05, 0.1) is 37.6 Å². The zero-order valence-electron chi connectivity index (χ0n) is 28.3. The summed E-state index contributed by atoms with van der Waals surface area (Å²) in [5.74, 6) is -0.415. The molecule has 0 saturated carbocycles. The molecule has 48 heavy (non-hydrogen) atoms. The number of aliphatic carboxylic acids is 1. The van der Waals surface area contributed by atoms with Gasteiger partial charge in [-0.1, -0.05) is 68.4 Å². The van der Waals surface area contributed by atoms with Gasteiger partial charge >= 0.3 is 5.97 Å². The van der Waals surface area contributed by atoms with Crippen LogP contribution in [0.25, 0.3) is 11.1 Å². The lowest BCUT2D eigenvalue weighted by Crippen LogP contribution is -2.38. The van der Waals surface area contributed by atoms with E-state index in [9.17, 15) is 14.3 Å². The fourth-order valence-electron chi connectivity index (χ4n) is 6.12. The van der Waals surface area contributed by atoms with Crippen LogP contribution in [0, 0.1) is 18.2 Å². The lowest BCUT2D eigenvalue weighted by molar-refractivity contribution is -0.136. The van der Waals surface area contributed by atoms with Crippen LogP contribution in [0.2, 0.25) is 0 Å². The van der Waals surface area contributed by atoms with Crippen molar-refractivity contribution < 1.29 is 28.5 Å². The average molecular weight is 655 g/mol. The molecule has 4 aromatic rings. The number of nitrogens with zero attached hydrogens (tertiary/aromatic N) is 2. The Morgan fingerprint density at radius 3 is 2.21 bits per heavy atom. The van der Waals surface area contributed by atoms with Crippen molar-refractivity contribution >= 4 is 11.7 Å². The molecular weight excluding hydrogens is 607 g/mol. The van der Waals surface area contributed by atoms with Crippen LogP contribution >= 0.6 is 0 Å². The van der Waals surface area contributed by atoms with Crippen LogP contribution in [-0.4, -0.2) is 49.0 Å². The number of benzene rings is 3. The minimum Gasteiger partial charge on any atom is -0.493 e. The first-order chi connectivity index (χ1) is 23.2. The number of pyridine rings is 1. The van der Waals surface area contributed by atoms with E-state index in [4.69, 9.17) is 19.2 Å². The van der Waals surface area contributed by atoms with Gasteiger partial charge in [0, 0.05) is 49.5 Å². The number of piperidine rings is 1. The van der Waals surface area contributed by atoms with Crippen molar-refractivity contribution in [2.24, 2.45) is 5.41 Å². The number of carboxylic acid groups (broad SMARTS) is 1. The molecule has 0 spiro atoms. The number of aryl methyl sites for hydroxylation is 1. The normalized spacial score (nSPS) is 14.2. The molecule has 0 atom stereocenters. The van der Waals surface area contributed by atoms with Crippen LogP contribution in [0.4, 0.5) is 10.1 Å². The zero-order valence-corrected chi connectivity index (χ0v) is 28.3. The topological polar surface area (TPSA) is 81.1 Å². The number of anilines is 1. The van der Waals surface area contributed by atoms with E-state index in [1.54, 1.807) is 12.1 Å². The zero-order chi connectivity index (χ0) is 33.9. The van der Waals surface area contributed by atoms with Gasteiger partial charge in [0.1, 0.15) is 11.6 Å². The maximum absolute atomic E-state index is 13.2. The highest BCUT2D eigenvalue weighted by Crippen LogP contribution is 2.42. The van der Waals surface area contributed by atoms with Crippen LogP contribution in [0.15, 0.2) is 78.9 Å². The maximum atomic E-state index is 13.2. The second-order valence-electron chi connectivity index (χ2n) is 13.3. The summed E-state index contributed by atoms with van der Waals surface area (Å²) in [6.45, 7) is 10.6. The smallest absolute Gasteiger partial charge is 0.307 e. The molecule has 0 aliphatic carbocycles. The molecule has 1 N–H and O–H groups in total. The summed E-state index contributed by atoms with van der Waals surface area (Å²) in [5, 5.41) is 10.1. The molecule has 0 radical (unpaired) electrons. The number of carbonyl (C=O) groups is 1. The van der Waals surface area contributed by atoms with E-state index in [0.717, 1.165) is 71.7 Å². The molecule has 0 unspecified atom stereocenters. The Bertz CT molecular complexity index is 1610. The highest BCUT2D eigenvalue weighted by Gasteiger charge is 2.31. The van der Waals surface area contributed by atoms with Crippen molar-refractivity contribution in [3.8, 4) is 16.9 Å². The molecule has 1 aliphatic heterocycles. The second kappa shape index (κ2) is 16.7. The Kier molecular flexibility index (Phi) is 12.2. The van der Waals surface area contributed by atoms with Crippen LogP contribution in [-0.2, 0) is 40.3 Å². The van der Waals surface area contributed by atoms with Crippen molar-refractivity contribution in [2.75, 3.05) is 37.8 Å². The number of hydrogen-bond donors (Lipinski definition) is 1. The maximum Gasteiger partial charge on any atom is 0.307 e. The number of aromatic nitrogens is 1. The van der Waals surface area contributed by atoms with E-state index < -0.39 is 5.97 Å². The third-order valence-electron chi connectivity index (χ3n) is 8.94. The van der Waals surface area contributed by atoms with E-state index in [1.807, 2.05) is 61.5 Å². The minimum absolute atomic E-state index is 0.140. The molecular formula is C40H47FN2O5. The van der Waals surface area contributed by atoms with Gasteiger partial charge in [-0.25, -0.2) is 4.39 Å². The van der Waals surface area contributed by atoms with Crippen LogP contribution < -0.4 is 9.64 Å². The molecule has 1 aliphatic rings. The third kappa shape index (κ3) is 9.87. The standard InChI is InChI=1S/C40H47FN2O5/c1-29-38(32-12-16-34(17-13-32)48-25-18-30-10-14-33(41)15-11-30)39(43-21-19-40(2,3)20-22-43)35(26-37(44)45)36(42-29)28-47-24-7-23-46-27-31-8-5-4-6-9-31/h4-6,8-17H,7,18-28H2,1-3H3,(H,44,45). The molecule has 1 aromatic heterocycles. The molecule has 254 valence electrons. The van der Waals surface area contributed by atoms with E-state index in [1.165, 1.54) is 12.1 Å². The summed E-state index contributed by atoms with van der Waals surface area (Å²) >= 11 is 0. The second-order valence-corrected chi connectivity index (χ2v) is 13.3. The predicted octanol–water partition coefficient (Wildman–Crippen LogP) is 8.19. The van der Waals surface area contributed by atoms with Crippen LogP contribution in [0.3, 0.4) is 0 Å². The molecule has 0 bridgehead atoms. The molecule has 0 amide bonds. The van der Waals surface area contributed by atoms with Crippen molar-refractivity contribution in [1.29, 1.82) is 0 Å². The molecule has 5 rings (SSSR count). The fraction of sp³-hybridized carbons (Fsp3) is 0.400. The van der Waals surface area contributed by atoms with E-state index in [-0.39, 0.29) is 24.3 Å². The Morgan fingerprint density at radius 1 is 0.875 bits per heavy atom.